The Morgan fingerprint density at radius 2 is 1.26 bits per heavy atom. The zero-order valence-electron chi connectivity index (χ0n) is 24.5. The highest BCUT2D eigenvalue weighted by Gasteiger charge is 2.25. The maximum atomic E-state index is 6.37. The molecule has 1 aliphatic rings. The molecule has 0 aliphatic carbocycles. The van der Waals surface area contributed by atoms with Crippen molar-refractivity contribution < 1.29 is 9.47 Å². The monoisotopic (exact) mass is 553 g/mol. The Morgan fingerprint density at radius 3 is 1.95 bits per heavy atom. The molecule has 4 aromatic carbocycles. The Bertz CT molecular complexity index is 1720. The number of anilines is 1. The van der Waals surface area contributed by atoms with E-state index in [1.165, 1.54) is 5.56 Å². The molecule has 0 saturated heterocycles. The average Bonchev–Trinajstić information content (AvgIpc) is 3.43. The predicted molar refractivity (Wildman–Crippen MR) is 171 cm³/mol. The fourth-order valence-corrected chi connectivity index (χ4v) is 5.30. The van der Waals surface area contributed by atoms with Gasteiger partial charge in [0.25, 0.3) is 0 Å². The number of aromatic nitrogens is 1. The smallest absolute Gasteiger partial charge is 0.129 e. The van der Waals surface area contributed by atoms with Gasteiger partial charge >= 0.3 is 0 Å². The summed E-state index contributed by atoms with van der Waals surface area (Å²) >= 11 is 0. The van der Waals surface area contributed by atoms with Gasteiger partial charge in [0.15, 0.2) is 0 Å². The molecule has 0 atom stereocenters. The van der Waals surface area contributed by atoms with Crippen molar-refractivity contribution in [2.45, 2.75) is 26.2 Å². The van der Waals surface area contributed by atoms with Gasteiger partial charge in [0.05, 0.1) is 12.4 Å². The van der Waals surface area contributed by atoms with E-state index in [0.717, 1.165) is 57.7 Å². The molecule has 0 spiro atoms. The minimum atomic E-state index is -0.170. The molecule has 5 aromatic rings. The van der Waals surface area contributed by atoms with Crippen molar-refractivity contribution >= 4 is 5.69 Å². The van der Waals surface area contributed by atoms with Gasteiger partial charge in [0.2, 0.25) is 0 Å². The van der Waals surface area contributed by atoms with E-state index < -0.39 is 0 Å². The highest BCUT2D eigenvalue weighted by Crippen LogP contribution is 2.41. The third kappa shape index (κ3) is 6.01. The van der Waals surface area contributed by atoms with Gasteiger partial charge in [-0.1, -0.05) is 69.3 Å². The molecule has 0 fully saturated rings. The van der Waals surface area contributed by atoms with E-state index in [-0.39, 0.29) is 5.41 Å². The highest BCUT2D eigenvalue weighted by molar-refractivity contribution is 5.78. The number of rotatable bonds is 7. The molecule has 5 nitrogen and oxygen atoms in total. The molecule has 0 radical (unpaired) electrons. The van der Waals surface area contributed by atoms with E-state index >= 15 is 0 Å². The summed E-state index contributed by atoms with van der Waals surface area (Å²) in [6.07, 6.45) is 6.04. The van der Waals surface area contributed by atoms with Crippen LogP contribution in [0.2, 0.25) is 0 Å². The number of benzene rings is 4. The molecule has 2 heterocycles. The van der Waals surface area contributed by atoms with Crippen LogP contribution in [0.3, 0.4) is 0 Å². The number of hydrogen-bond acceptors (Lipinski definition) is 5. The average molecular weight is 554 g/mol. The van der Waals surface area contributed by atoms with Gasteiger partial charge in [0, 0.05) is 43.0 Å². The van der Waals surface area contributed by atoms with Gasteiger partial charge < -0.3 is 19.3 Å². The maximum absolute atomic E-state index is 6.37. The number of nitrogens with zero attached hydrogens (tertiary/aromatic N) is 3. The van der Waals surface area contributed by atoms with Crippen LogP contribution < -0.4 is 14.4 Å². The largest absolute Gasteiger partial charge is 0.457 e. The minimum absolute atomic E-state index is 0.170. The molecular weight excluding hydrogens is 518 g/mol. The molecule has 5 heteroatoms. The van der Waals surface area contributed by atoms with Crippen molar-refractivity contribution in [2.75, 3.05) is 18.6 Å². The van der Waals surface area contributed by atoms with Crippen LogP contribution in [0.25, 0.3) is 22.4 Å². The van der Waals surface area contributed by atoms with Gasteiger partial charge in [-0.05, 0) is 76.7 Å². The standard InChI is InChI=1S/C37H35N3O2/c1-37(2,3)35-34(27-11-8-16-31(23-27)41-30-14-6-5-7-15-30)19-20-38-36(35)28-12-9-17-32(24-28)42-33-18-10-13-29(25-33)40-22-21-39(4)26-40/h5-25H,26H2,1-4H3. The molecule has 0 unspecified atom stereocenters. The fourth-order valence-electron chi connectivity index (χ4n) is 5.30. The molecule has 210 valence electrons. The van der Waals surface area contributed by atoms with Crippen LogP contribution in [0.1, 0.15) is 26.3 Å². The minimum Gasteiger partial charge on any atom is -0.457 e. The van der Waals surface area contributed by atoms with E-state index in [0.29, 0.717) is 0 Å². The van der Waals surface area contributed by atoms with E-state index in [4.69, 9.17) is 14.5 Å². The Balaban J connectivity index is 1.33. The van der Waals surface area contributed by atoms with Gasteiger partial charge in [-0.3, -0.25) is 4.98 Å². The van der Waals surface area contributed by atoms with E-state index in [1.54, 1.807) is 0 Å². The van der Waals surface area contributed by atoms with Crippen molar-refractivity contribution in [3.63, 3.8) is 0 Å². The molecule has 0 bridgehead atoms. The zero-order valence-corrected chi connectivity index (χ0v) is 24.5. The predicted octanol–water partition coefficient (Wildman–Crippen LogP) is 9.48. The Morgan fingerprint density at radius 1 is 0.643 bits per heavy atom. The van der Waals surface area contributed by atoms with E-state index in [9.17, 15) is 0 Å². The SMILES string of the molecule is CN1C=CN(c2cccc(Oc3cccc(-c4nccc(-c5cccc(Oc6ccccc6)c5)c4C(C)(C)C)c3)c2)C1. The summed E-state index contributed by atoms with van der Waals surface area (Å²) in [5.41, 5.74) is 6.27. The second-order valence-corrected chi connectivity index (χ2v) is 11.6. The first kappa shape index (κ1) is 27.2. The van der Waals surface area contributed by atoms with Crippen molar-refractivity contribution in [2.24, 2.45) is 0 Å². The first-order chi connectivity index (χ1) is 20.3. The van der Waals surface area contributed by atoms with Crippen molar-refractivity contribution in [3.05, 3.63) is 133 Å². The first-order valence-corrected chi connectivity index (χ1v) is 14.2. The van der Waals surface area contributed by atoms with Crippen LogP contribution in [0.5, 0.6) is 23.0 Å². The normalized spacial score (nSPS) is 13.0. The van der Waals surface area contributed by atoms with Crippen LogP contribution in [0.15, 0.2) is 128 Å². The summed E-state index contributed by atoms with van der Waals surface area (Å²) in [4.78, 5) is 9.23. The summed E-state index contributed by atoms with van der Waals surface area (Å²) < 4.78 is 12.5. The third-order valence-corrected chi connectivity index (χ3v) is 7.19. The molecule has 0 saturated carbocycles. The molecule has 0 amide bonds. The maximum Gasteiger partial charge on any atom is 0.129 e. The lowest BCUT2D eigenvalue weighted by Gasteiger charge is -2.26. The van der Waals surface area contributed by atoms with Gasteiger partial charge in [0.1, 0.15) is 23.0 Å². The van der Waals surface area contributed by atoms with E-state index in [2.05, 4.69) is 92.5 Å². The van der Waals surface area contributed by atoms with Crippen LogP contribution in [0, 0.1) is 0 Å². The summed E-state index contributed by atoms with van der Waals surface area (Å²) in [6.45, 7) is 7.52. The molecule has 0 N–H and O–H groups in total. The lowest BCUT2D eigenvalue weighted by atomic mass is 9.79. The highest BCUT2D eigenvalue weighted by atomic mass is 16.5. The summed E-state index contributed by atoms with van der Waals surface area (Å²) in [6, 6.07) is 36.6. The molecule has 42 heavy (non-hydrogen) atoms. The van der Waals surface area contributed by atoms with Crippen molar-refractivity contribution in [1.82, 2.24) is 9.88 Å². The van der Waals surface area contributed by atoms with Crippen molar-refractivity contribution in [3.8, 4) is 45.4 Å². The van der Waals surface area contributed by atoms with Crippen LogP contribution in [-0.2, 0) is 5.41 Å². The summed E-state index contributed by atoms with van der Waals surface area (Å²) in [5.74, 6) is 3.17. The van der Waals surface area contributed by atoms with Gasteiger partial charge in [-0.25, -0.2) is 0 Å². The van der Waals surface area contributed by atoms with Crippen LogP contribution >= 0.6 is 0 Å². The quantitative estimate of drug-likeness (QED) is 0.201. The number of para-hydroxylation sites is 1. The molecule has 6 rings (SSSR count). The van der Waals surface area contributed by atoms with Crippen molar-refractivity contribution in [1.29, 1.82) is 0 Å². The topological polar surface area (TPSA) is 37.8 Å². The molecule has 1 aliphatic heterocycles. The third-order valence-electron chi connectivity index (χ3n) is 7.19. The van der Waals surface area contributed by atoms with Gasteiger partial charge in [-0.15, -0.1) is 0 Å². The molecule has 1 aromatic heterocycles. The lowest BCUT2D eigenvalue weighted by molar-refractivity contribution is 0.481. The van der Waals surface area contributed by atoms with Crippen LogP contribution in [-0.4, -0.2) is 23.6 Å². The van der Waals surface area contributed by atoms with Gasteiger partial charge in [-0.2, -0.15) is 0 Å². The summed E-state index contributed by atoms with van der Waals surface area (Å²) in [7, 11) is 2.06. The number of ether oxygens (including phenoxy) is 2. The lowest BCUT2D eigenvalue weighted by Crippen LogP contribution is -2.21. The van der Waals surface area contributed by atoms with Crippen LogP contribution in [0.4, 0.5) is 5.69 Å². The first-order valence-electron chi connectivity index (χ1n) is 14.2. The fraction of sp³-hybridized carbons (Fsp3) is 0.162. The van der Waals surface area contributed by atoms with E-state index in [1.807, 2.05) is 72.9 Å². The Labute approximate surface area is 248 Å². The number of hydrogen-bond donors (Lipinski definition) is 0. The Kier molecular flexibility index (Phi) is 7.41. The molecular formula is C37H35N3O2. The zero-order chi connectivity index (χ0) is 29.1. The second kappa shape index (κ2) is 11.5. The number of pyridine rings is 1. The Hall–Kier alpha value is -5.03. The second-order valence-electron chi connectivity index (χ2n) is 11.6. The summed E-state index contributed by atoms with van der Waals surface area (Å²) in [5, 5.41) is 0.